The summed E-state index contributed by atoms with van der Waals surface area (Å²) >= 11 is 0. The van der Waals surface area contributed by atoms with Gasteiger partial charge in [0.05, 0.1) is 16.9 Å². The van der Waals surface area contributed by atoms with Crippen LogP contribution in [-0.2, 0) is 7.05 Å². The minimum absolute atomic E-state index is 0.548. The lowest BCUT2D eigenvalue weighted by Crippen LogP contribution is -2.31. The van der Waals surface area contributed by atoms with E-state index >= 15 is 0 Å². The molecule has 1 N–H and O–H groups in total. The molecule has 16 heavy (non-hydrogen) atoms. The van der Waals surface area contributed by atoms with Crippen LogP contribution in [0.3, 0.4) is 0 Å². The molecule has 5 heteroatoms. The molecule has 1 atom stereocenters. The Hall–Kier alpha value is -1.36. The lowest BCUT2D eigenvalue weighted by atomic mass is 10.1. The molecule has 0 bridgehead atoms. The molecule has 0 spiro atoms. The Kier molecular flexibility index (Phi) is 2.50. The number of hydrogen-bond donors (Lipinski definition) is 1. The van der Waals surface area contributed by atoms with Gasteiger partial charge in [0.25, 0.3) is 0 Å². The maximum absolute atomic E-state index is 11.0. The van der Waals surface area contributed by atoms with Crippen LogP contribution in [0.1, 0.15) is 29.4 Å². The van der Waals surface area contributed by atoms with Crippen molar-refractivity contribution in [1.82, 2.24) is 9.78 Å². The van der Waals surface area contributed by atoms with Crippen molar-refractivity contribution in [2.45, 2.75) is 25.9 Å². The Labute approximate surface area is 94.7 Å². The van der Waals surface area contributed by atoms with E-state index in [1.165, 1.54) is 0 Å². The minimum Gasteiger partial charge on any atom is -0.388 e. The summed E-state index contributed by atoms with van der Waals surface area (Å²) in [6.07, 6.45) is 1.56. The summed E-state index contributed by atoms with van der Waals surface area (Å²) in [6.45, 7) is 4.94. The van der Waals surface area contributed by atoms with Crippen LogP contribution in [0, 0.1) is 6.92 Å². The van der Waals surface area contributed by atoms with Crippen LogP contribution in [-0.4, -0.2) is 39.9 Å². The number of carbonyl (C=O) groups is 1. The molecule has 1 unspecified atom stereocenters. The number of β-amino-alcohol motifs (C(OH)–C–C–N with tert-alkyl or cyclic N) is 1. The highest BCUT2D eigenvalue weighted by Crippen LogP contribution is 2.29. The monoisotopic (exact) mass is 223 g/mol. The molecule has 5 nitrogen and oxygen atoms in total. The van der Waals surface area contributed by atoms with Gasteiger partial charge in [-0.15, -0.1) is 0 Å². The summed E-state index contributed by atoms with van der Waals surface area (Å²) in [5.74, 6) is 0.810. The second-order valence-corrected chi connectivity index (χ2v) is 4.73. The quantitative estimate of drug-likeness (QED) is 0.742. The first-order chi connectivity index (χ1) is 7.44. The van der Waals surface area contributed by atoms with E-state index in [1.807, 2.05) is 25.8 Å². The van der Waals surface area contributed by atoms with E-state index in [9.17, 15) is 9.90 Å². The second-order valence-electron chi connectivity index (χ2n) is 4.73. The molecule has 0 aliphatic carbocycles. The van der Waals surface area contributed by atoms with Crippen LogP contribution in [0.15, 0.2) is 0 Å². The van der Waals surface area contributed by atoms with Gasteiger partial charge in [0.2, 0.25) is 0 Å². The Morgan fingerprint density at radius 1 is 1.56 bits per heavy atom. The Bertz CT molecular complexity index is 423. The molecule has 1 fully saturated rings. The molecule has 0 amide bonds. The second kappa shape index (κ2) is 3.59. The number of anilines is 1. The molecule has 0 radical (unpaired) electrons. The predicted octanol–water partition coefficient (Wildman–Crippen LogP) is 0.502. The van der Waals surface area contributed by atoms with Crippen LogP contribution < -0.4 is 4.90 Å². The SMILES string of the molecule is Cc1nn(C)c(N2CCC(C)(O)C2)c1C=O. The average Bonchev–Trinajstić information content (AvgIpc) is 2.66. The minimum atomic E-state index is -0.668. The highest BCUT2D eigenvalue weighted by Gasteiger charge is 2.34. The first-order valence-electron chi connectivity index (χ1n) is 5.41. The summed E-state index contributed by atoms with van der Waals surface area (Å²) < 4.78 is 1.71. The van der Waals surface area contributed by atoms with Gasteiger partial charge >= 0.3 is 0 Å². The van der Waals surface area contributed by atoms with Crippen molar-refractivity contribution in [2.24, 2.45) is 7.05 Å². The molecular weight excluding hydrogens is 206 g/mol. The summed E-state index contributed by atoms with van der Waals surface area (Å²) in [5.41, 5.74) is 0.692. The lowest BCUT2D eigenvalue weighted by Gasteiger charge is -2.21. The van der Waals surface area contributed by atoms with Gasteiger partial charge in [0.15, 0.2) is 6.29 Å². The third-order valence-corrected chi connectivity index (χ3v) is 3.11. The lowest BCUT2D eigenvalue weighted by molar-refractivity contribution is 0.0838. The fourth-order valence-electron chi connectivity index (χ4n) is 2.30. The number of aldehydes is 1. The number of hydrogen-bond acceptors (Lipinski definition) is 4. The van der Waals surface area contributed by atoms with Crippen molar-refractivity contribution in [3.63, 3.8) is 0 Å². The zero-order chi connectivity index (χ0) is 11.9. The van der Waals surface area contributed by atoms with Crippen LogP contribution in [0.2, 0.25) is 0 Å². The topological polar surface area (TPSA) is 58.4 Å². The van der Waals surface area contributed by atoms with E-state index in [4.69, 9.17) is 0 Å². The van der Waals surface area contributed by atoms with Gasteiger partial charge in [-0.2, -0.15) is 5.10 Å². The number of aliphatic hydroxyl groups is 1. The van der Waals surface area contributed by atoms with E-state index in [0.29, 0.717) is 12.1 Å². The molecule has 1 aliphatic heterocycles. The van der Waals surface area contributed by atoms with Gasteiger partial charge in [0.1, 0.15) is 5.82 Å². The molecule has 88 valence electrons. The van der Waals surface area contributed by atoms with E-state index in [2.05, 4.69) is 5.10 Å². The highest BCUT2D eigenvalue weighted by molar-refractivity contribution is 5.84. The molecule has 2 rings (SSSR count). The van der Waals surface area contributed by atoms with Crippen LogP contribution in [0.5, 0.6) is 0 Å². The standard InChI is InChI=1S/C11H17N3O2/c1-8-9(6-15)10(13(3)12-8)14-5-4-11(2,16)7-14/h6,16H,4-5,7H2,1-3H3. The number of carbonyl (C=O) groups excluding carboxylic acids is 1. The number of nitrogens with zero attached hydrogens (tertiary/aromatic N) is 3. The Balaban J connectivity index is 2.38. The van der Waals surface area contributed by atoms with Gasteiger partial charge in [0, 0.05) is 20.1 Å². The number of aromatic nitrogens is 2. The summed E-state index contributed by atoms with van der Waals surface area (Å²) in [7, 11) is 1.82. The summed E-state index contributed by atoms with van der Waals surface area (Å²) in [4.78, 5) is 13.1. The maximum Gasteiger partial charge on any atom is 0.155 e. The third-order valence-electron chi connectivity index (χ3n) is 3.11. The van der Waals surface area contributed by atoms with Crippen molar-refractivity contribution in [1.29, 1.82) is 0 Å². The van der Waals surface area contributed by atoms with E-state index in [1.54, 1.807) is 4.68 Å². The molecule has 0 aromatic carbocycles. The van der Waals surface area contributed by atoms with Crippen molar-refractivity contribution in [3.05, 3.63) is 11.3 Å². The van der Waals surface area contributed by atoms with Gasteiger partial charge in [-0.1, -0.05) is 0 Å². The molecule has 1 aromatic rings. The predicted molar refractivity (Wildman–Crippen MR) is 60.8 cm³/mol. The molecule has 1 saturated heterocycles. The van der Waals surface area contributed by atoms with E-state index in [0.717, 1.165) is 30.8 Å². The molecule has 2 heterocycles. The van der Waals surface area contributed by atoms with Gasteiger partial charge in [-0.3, -0.25) is 9.48 Å². The fraction of sp³-hybridized carbons (Fsp3) is 0.636. The third kappa shape index (κ3) is 1.71. The smallest absolute Gasteiger partial charge is 0.155 e. The van der Waals surface area contributed by atoms with Gasteiger partial charge in [-0.25, -0.2) is 0 Å². The zero-order valence-electron chi connectivity index (χ0n) is 9.90. The van der Waals surface area contributed by atoms with Gasteiger partial charge in [-0.05, 0) is 20.3 Å². The maximum atomic E-state index is 11.0. The van der Waals surface area contributed by atoms with Crippen molar-refractivity contribution < 1.29 is 9.90 Å². The fourth-order valence-corrected chi connectivity index (χ4v) is 2.30. The van der Waals surface area contributed by atoms with Crippen molar-refractivity contribution in [2.75, 3.05) is 18.0 Å². The number of aryl methyl sites for hydroxylation is 2. The Morgan fingerprint density at radius 3 is 2.75 bits per heavy atom. The first-order valence-corrected chi connectivity index (χ1v) is 5.41. The summed E-state index contributed by atoms with van der Waals surface area (Å²) in [5, 5.41) is 14.2. The van der Waals surface area contributed by atoms with Crippen LogP contribution in [0.25, 0.3) is 0 Å². The highest BCUT2D eigenvalue weighted by atomic mass is 16.3. The van der Waals surface area contributed by atoms with Crippen molar-refractivity contribution >= 4 is 12.1 Å². The molecular formula is C11H17N3O2. The normalized spacial score (nSPS) is 25.1. The van der Waals surface area contributed by atoms with Crippen molar-refractivity contribution in [3.8, 4) is 0 Å². The zero-order valence-corrected chi connectivity index (χ0v) is 9.90. The van der Waals surface area contributed by atoms with E-state index < -0.39 is 5.60 Å². The van der Waals surface area contributed by atoms with Crippen LogP contribution >= 0.6 is 0 Å². The first kappa shape index (κ1) is 11.1. The largest absolute Gasteiger partial charge is 0.388 e. The molecule has 1 aliphatic rings. The molecule has 0 saturated carbocycles. The average molecular weight is 223 g/mol. The molecule has 1 aromatic heterocycles. The van der Waals surface area contributed by atoms with Gasteiger partial charge < -0.3 is 10.0 Å². The van der Waals surface area contributed by atoms with E-state index in [-0.39, 0.29) is 0 Å². The summed E-state index contributed by atoms with van der Waals surface area (Å²) in [6, 6.07) is 0. The Morgan fingerprint density at radius 2 is 2.25 bits per heavy atom. The number of rotatable bonds is 2. The van der Waals surface area contributed by atoms with Crippen LogP contribution in [0.4, 0.5) is 5.82 Å².